The molecule has 0 aromatic rings. The number of aliphatic hydroxyl groups is 1. The highest BCUT2D eigenvalue weighted by Gasteiger charge is 1.98. The van der Waals surface area contributed by atoms with E-state index in [9.17, 15) is 4.79 Å². The van der Waals surface area contributed by atoms with Crippen LogP contribution in [0.5, 0.6) is 0 Å². The summed E-state index contributed by atoms with van der Waals surface area (Å²) in [6.45, 7) is 2.70. The van der Waals surface area contributed by atoms with E-state index in [-0.39, 0.29) is 5.03 Å². The van der Waals surface area contributed by atoms with Crippen molar-refractivity contribution in [2.75, 3.05) is 6.73 Å². The van der Waals surface area contributed by atoms with Crippen molar-refractivity contribution in [3.05, 3.63) is 11.6 Å². The maximum Gasteiger partial charge on any atom is 0.263 e. The van der Waals surface area contributed by atoms with E-state index in [0.717, 1.165) is 0 Å². The SMILES string of the molecule is C=C(Cl)C(=O)NCO. The van der Waals surface area contributed by atoms with Crippen LogP contribution in [0, 0.1) is 0 Å². The van der Waals surface area contributed by atoms with Crippen LogP contribution in [0.2, 0.25) is 0 Å². The number of hydrogen-bond acceptors (Lipinski definition) is 2. The topological polar surface area (TPSA) is 49.3 Å². The predicted octanol–water partition coefficient (Wildman–Crippen LogP) is -0.195. The van der Waals surface area contributed by atoms with Crippen LogP contribution in [0.3, 0.4) is 0 Å². The van der Waals surface area contributed by atoms with Crippen LogP contribution in [-0.2, 0) is 4.79 Å². The molecule has 0 radical (unpaired) electrons. The summed E-state index contributed by atoms with van der Waals surface area (Å²) in [5, 5.41) is 9.96. The fourth-order valence-electron chi connectivity index (χ4n) is 0.168. The molecule has 0 atom stereocenters. The maximum absolute atomic E-state index is 10.2. The zero-order chi connectivity index (χ0) is 6.57. The van der Waals surface area contributed by atoms with Gasteiger partial charge in [-0.2, -0.15) is 0 Å². The number of aliphatic hydroxyl groups excluding tert-OH is 1. The molecule has 3 nitrogen and oxygen atoms in total. The summed E-state index contributed by atoms with van der Waals surface area (Å²) in [4.78, 5) is 10.2. The highest BCUT2D eigenvalue weighted by atomic mass is 35.5. The predicted molar refractivity (Wildman–Crippen MR) is 30.2 cm³/mol. The lowest BCUT2D eigenvalue weighted by atomic mass is 10.6. The molecule has 0 aromatic heterocycles. The molecule has 0 bridgehead atoms. The third kappa shape index (κ3) is 2.60. The van der Waals surface area contributed by atoms with E-state index in [1.807, 2.05) is 5.32 Å². The molecule has 8 heavy (non-hydrogen) atoms. The third-order valence-electron chi connectivity index (χ3n) is 0.486. The number of rotatable bonds is 2. The Morgan fingerprint density at radius 2 is 2.38 bits per heavy atom. The van der Waals surface area contributed by atoms with E-state index in [1.54, 1.807) is 0 Å². The number of nitrogens with one attached hydrogen (secondary N) is 1. The number of hydrogen-bond donors (Lipinski definition) is 2. The van der Waals surface area contributed by atoms with Crippen LogP contribution in [0.1, 0.15) is 0 Å². The van der Waals surface area contributed by atoms with Crippen molar-refractivity contribution in [3.8, 4) is 0 Å². The van der Waals surface area contributed by atoms with Crippen LogP contribution in [0.25, 0.3) is 0 Å². The smallest absolute Gasteiger partial charge is 0.263 e. The minimum Gasteiger partial charge on any atom is -0.376 e. The van der Waals surface area contributed by atoms with Crippen LogP contribution in [-0.4, -0.2) is 17.7 Å². The highest BCUT2D eigenvalue weighted by molar-refractivity contribution is 6.41. The monoisotopic (exact) mass is 135 g/mol. The normalized spacial score (nSPS) is 8.25. The van der Waals surface area contributed by atoms with Crippen molar-refractivity contribution >= 4 is 17.5 Å². The van der Waals surface area contributed by atoms with Gasteiger partial charge in [0.2, 0.25) is 0 Å². The Hall–Kier alpha value is -0.540. The molecule has 0 heterocycles. The maximum atomic E-state index is 10.2. The van der Waals surface area contributed by atoms with E-state index in [0.29, 0.717) is 0 Å². The van der Waals surface area contributed by atoms with Crippen LogP contribution < -0.4 is 5.32 Å². The summed E-state index contributed by atoms with van der Waals surface area (Å²) in [7, 11) is 0. The second-order valence-electron chi connectivity index (χ2n) is 1.07. The largest absolute Gasteiger partial charge is 0.376 e. The van der Waals surface area contributed by atoms with Crippen LogP contribution >= 0.6 is 11.6 Å². The molecule has 0 aliphatic rings. The van der Waals surface area contributed by atoms with Crippen molar-refractivity contribution < 1.29 is 9.90 Å². The first-order valence-electron chi connectivity index (χ1n) is 1.92. The standard InChI is InChI=1S/C4H6ClNO2/c1-3(5)4(8)6-2-7/h7H,1-2H2,(H,6,8). The highest BCUT2D eigenvalue weighted by Crippen LogP contribution is 1.93. The van der Waals surface area contributed by atoms with Gasteiger partial charge in [-0.25, -0.2) is 0 Å². The molecule has 0 rings (SSSR count). The van der Waals surface area contributed by atoms with E-state index < -0.39 is 12.6 Å². The fourth-order valence-corrected chi connectivity index (χ4v) is 0.235. The summed E-state index contributed by atoms with van der Waals surface area (Å²) in [6.07, 6.45) is 0. The fraction of sp³-hybridized carbons (Fsp3) is 0.250. The van der Waals surface area contributed by atoms with Crippen molar-refractivity contribution in [1.29, 1.82) is 0 Å². The molecule has 0 aromatic carbocycles. The Bertz CT molecular complexity index is 113. The Morgan fingerprint density at radius 1 is 1.88 bits per heavy atom. The first kappa shape index (κ1) is 7.46. The van der Waals surface area contributed by atoms with Gasteiger partial charge < -0.3 is 10.4 Å². The van der Waals surface area contributed by atoms with Crippen LogP contribution in [0.15, 0.2) is 11.6 Å². The molecule has 0 aliphatic carbocycles. The Balaban J connectivity index is 3.49. The molecule has 0 saturated heterocycles. The van der Waals surface area contributed by atoms with Gasteiger partial charge in [0.15, 0.2) is 0 Å². The van der Waals surface area contributed by atoms with E-state index >= 15 is 0 Å². The molecule has 4 heteroatoms. The van der Waals surface area contributed by atoms with Gasteiger partial charge in [-0.3, -0.25) is 4.79 Å². The molecular formula is C4H6ClNO2. The molecule has 0 saturated carbocycles. The van der Waals surface area contributed by atoms with E-state index in [2.05, 4.69) is 6.58 Å². The first-order valence-corrected chi connectivity index (χ1v) is 2.29. The van der Waals surface area contributed by atoms with Gasteiger partial charge >= 0.3 is 0 Å². The van der Waals surface area contributed by atoms with Gasteiger partial charge in [0.1, 0.15) is 6.73 Å². The second-order valence-corrected chi connectivity index (χ2v) is 1.53. The summed E-state index contributed by atoms with van der Waals surface area (Å²) >= 11 is 5.09. The summed E-state index contributed by atoms with van der Waals surface area (Å²) in [6, 6.07) is 0. The third-order valence-corrected chi connectivity index (χ3v) is 0.658. The summed E-state index contributed by atoms with van der Waals surface area (Å²) in [5.41, 5.74) is 0. The lowest BCUT2D eigenvalue weighted by Crippen LogP contribution is -2.23. The van der Waals surface area contributed by atoms with Crippen molar-refractivity contribution in [1.82, 2.24) is 5.32 Å². The molecule has 0 spiro atoms. The van der Waals surface area contributed by atoms with Gasteiger partial charge in [0.05, 0.1) is 5.03 Å². The molecule has 46 valence electrons. The number of halogens is 1. The van der Waals surface area contributed by atoms with Gasteiger partial charge in [-0.1, -0.05) is 18.2 Å². The van der Waals surface area contributed by atoms with Crippen LogP contribution in [0.4, 0.5) is 0 Å². The van der Waals surface area contributed by atoms with Gasteiger partial charge in [0.25, 0.3) is 5.91 Å². The number of carbonyl (C=O) groups is 1. The minimum atomic E-state index is -0.547. The average molecular weight is 136 g/mol. The summed E-state index contributed by atoms with van der Waals surface area (Å²) < 4.78 is 0. The Labute approximate surface area is 52.0 Å². The van der Waals surface area contributed by atoms with Gasteiger partial charge in [0, 0.05) is 0 Å². The molecular weight excluding hydrogens is 130 g/mol. The Kier molecular flexibility index (Phi) is 3.23. The van der Waals surface area contributed by atoms with Gasteiger partial charge in [-0.15, -0.1) is 0 Å². The lowest BCUT2D eigenvalue weighted by molar-refractivity contribution is -0.117. The van der Waals surface area contributed by atoms with Crippen molar-refractivity contribution in [2.24, 2.45) is 0 Å². The van der Waals surface area contributed by atoms with Crippen molar-refractivity contribution in [3.63, 3.8) is 0 Å². The average Bonchev–Trinajstić information content (AvgIpc) is 1.67. The second kappa shape index (κ2) is 3.46. The van der Waals surface area contributed by atoms with Crippen molar-refractivity contribution in [2.45, 2.75) is 0 Å². The van der Waals surface area contributed by atoms with E-state index in [1.165, 1.54) is 0 Å². The Morgan fingerprint density at radius 3 is 2.50 bits per heavy atom. The zero-order valence-corrected chi connectivity index (χ0v) is 4.90. The molecule has 0 aliphatic heterocycles. The number of amides is 1. The summed E-state index contributed by atoms with van der Waals surface area (Å²) in [5.74, 6) is -0.547. The first-order chi connectivity index (χ1) is 3.68. The molecule has 0 unspecified atom stereocenters. The lowest BCUT2D eigenvalue weighted by Gasteiger charge is -1.94. The molecule has 2 N–H and O–H groups in total. The minimum absolute atomic E-state index is 0.126. The number of carbonyl (C=O) groups excluding carboxylic acids is 1. The molecule has 0 fully saturated rings. The van der Waals surface area contributed by atoms with E-state index in [4.69, 9.17) is 16.7 Å². The quantitative estimate of drug-likeness (QED) is 0.407. The zero-order valence-electron chi connectivity index (χ0n) is 4.15. The van der Waals surface area contributed by atoms with Gasteiger partial charge in [-0.05, 0) is 0 Å². The molecule has 1 amide bonds.